The maximum absolute atomic E-state index is 13.4. The lowest BCUT2D eigenvalue weighted by Crippen LogP contribution is -2.56. The summed E-state index contributed by atoms with van der Waals surface area (Å²) in [6.07, 6.45) is 1.88. The number of ether oxygens (including phenoxy) is 2. The van der Waals surface area contributed by atoms with Crippen molar-refractivity contribution < 1.29 is 23.9 Å². The first-order valence-corrected chi connectivity index (χ1v) is 15.7. The molecular formula is C32H44N4O5S. The Morgan fingerprint density at radius 2 is 1.64 bits per heavy atom. The van der Waals surface area contributed by atoms with Crippen LogP contribution in [0, 0.1) is 11.8 Å². The molecule has 2 aromatic rings. The Hall–Kier alpha value is -3.08. The first-order chi connectivity index (χ1) is 20.1. The highest BCUT2D eigenvalue weighted by atomic mass is 32.2. The van der Waals surface area contributed by atoms with Gasteiger partial charge in [0.05, 0.1) is 24.0 Å². The van der Waals surface area contributed by atoms with E-state index in [-0.39, 0.29) is 42.0 Å². The van der Waals surface area contributed by atoms with Gasteiger partial charge >= 0.3 is 0 Å². The van der Waals surface area contributed by atoms with Crippen LogP contribution in [0.5, 0.6) is 0 Å². The fraction of sp³-hybridized carbons (Fsp3) is 0.531. The van der Waals surface area contributed by atoms with E-state index in [0.29, 0.717) is 32.3 Å². The maximum Gasteiger partial charge on any atom is 0.243 e. The lowest BCUT2D eigenvalue weighted by molar-refractivity contribution is -0.135. The SMILES string of the molecule is COC1OCC[C@@H]1NC(=O)[C@H](CC(C)C)NC(=O)[C@H](CC(C)C)NC(=O)CCc1ccc2c(c1)Nc1ccccc1S2. The topological polar surface area (TPSA) is 118 Å². The van der Waals surface area contributed by atoms with Gasteiger partial charge < -0.3 is 30.7 Å². The number of nitrogens with one attached hydrogen (secondary N) is 4. The summed E-state index contributed by atoms with van der Waals surface area (Å²) in [6, 6.07) is 12.7. The number of benzene rings is 2. The Morgan fingerprint density at radius 1 is 0.952 bits per heavy atom. The number of anilines is 2. The van der Waals surface area contributed by atoms with Crippen LogP contribution in [-0.4, -0.2) is 55.9 Å². The van der Waals surface area contributed by atoms with Crippen molar-refractivity contribution >= 4 is 40.9 Å². The molecule has 0 saturated carbocycles. The van der Waals surface area contributed by atoms with Crippen molar-refractivity contribution in [1.29, 1.82) is 0 Å². The lowest BCUT2D eigenvalue weighted by Gasteiger charge is -2.27. The zero-order chi connectivity index (χ0) is 30.2. The predicted molar refractivity (Wildman–Crippen MR) is 165 cm³/mol. The quantitative estimate of drug-likeness (QED) is 0.225. The third-order valence-corrected chi connectivity index (χ3v) is 8.51. The Labute approximate surface area is 253 Å². The first-order valence-electron chi connectivity index (χ1n) is 14.8. The number of fused-ring (bicyclic) bond motifs is 2. The largest absolute Gasteiger partial charge is 0.354 e. The zero-order valence-corrected chi connectivity index (χ0v) is 26.0. The molecule has 0 aliphatic carbocycles. The average molecular weight is 597 g/mol. The monoisotopic (exact) mass is 596 g/mol. The Morgan fingerprint density at radius 3 is 2.36 bits per heavy atom. The van der Waals surface area contributed by atoms with Crippen molar-refractivity contribution in [2.45, 2.75) is 94.0 Å². The molecule has 228 valence electrons. The van der Waals surface area contributed by atoms with Crippen LogP contribution in [0.25, 0.3) is 0 Å². The lowest BCUT2D eigenvalue weighted by atomic mass is 9.99. The van der Waals surface area contributed by atoms with Gasteiger partial charge in [-0.05, 0) is 67.3 Å². The molecule has 0 spiro atoms. The molecule has 1 fully saturated rings. The number of carbonyl (C=O) groups is 3. The molecule has 0 bridgehead atoms. The van der Waals surface area contributed by atoms with Gasteiger partial charge in [-0.2, -0.15) is 0 Å². The van der Waals surface area contributed by atoms with E-state index in [1.54, 1.807) is 18.9 Å². The molecule has 2 aromatic carbocycles. The van der Waals surface area contributed by atoms with Crippen LogP contribution in [0.3, 0.4) is 0 Å². The van der Waals surface area contributed by atoms with Crippen LogP contribution in [0.15, 0.2) is 52.3 Å². The fourth-order valence-corrected chi connectivity index (χ4v) is 6.23. The number of aryl methyl sites for hydroxylation is 1. The highest BCUT2D eigenvalue weighted by Crippen LogP contribution is 2.44. The van der Waals surface area contributed by atoms with Gasteiger partial charge in [-0.3, -0.25) is 14.4 Å². The second-order valence-corrected chi connectivity index (χ2v) is 13.0. The van der Waals surface area contributed by atoms with E-state index in [2.05, 4.69) is 45.5 Å². The second kappa shape index (κ2) is 14.9. The molecule has 4 rings (SSSR count). The van der Waals surface area contributed by atoms with E-state index in [9.17, 15) is 14.4 Å². The van der Waals surface area contributed by atoms with E-state index in [0.717, 1.165) is 21.8 Å². The molecule has 1 saturated heterocycles. The number of para-hydroxylation sites is 1. The number of hydrogen-bond acceptors (Lipinski definition) is 7. The van der Waals surface area contributed by atoms with Crippen molar-refractivity contribution in [3.8, 4) is 0 Å². The maximum atomic E-state index is 13.4. The minimum Gasteiger partial charge on any atom is -0.354 e. The number of amides is 3. The molecule has 42 heavy (non-hydrogen) atoms. The fourth-order valence-electron chi connectivity index (χ4n) is 5.26. The third-order valence-electron chi connectivity index (χ3n) is 7.36. The molecule has 1 unspecified atom stereocenters. The summed E-state index contributed by atoms with van der Waals surface area (Å²) in [5.41, 5.74) is 3.15. The molecule has 2 aliphatic heterocycles. The van der Waals surface area contributed by atoms with Gasteiger partial charge in [0.2, 0.25) is 17.7 Å². The van der Waals surface area contributed by atoms with Gasteiger partial charge in [-0.15, -0.1) is 0 Å². The summed E-state index contributed by atoms with van der Waals surface area (Å²) in [5, 5.41) is 12.3. The summed E-state index contributed by atoms with van der Waals surface area (Å²) in [4.78, 5) is 42.0. The van der Waals surface area contributed by atoms with Crippen LogP contribution < -0.4 is 21.3 Å². The van der Waals surface area contributed by atoms with Gasteiger partial charge in [-0.1, -0.05) is 57.7 Å². The zero-order valence-electron chi connectivity index (χ0n) is 25.2. The Bertz CT molecular complexity index is 1250. The van der Waals surface area contributed by atoms with Crippen LogP contribution in [0.1, 0.15) is 58.9 Å². The number of hydrogen-bond donors (Lipinski definition) is 4. The highest BCUT2D eigenvalue weighted by Gasteiger charge is 2.33. The van der Waals surface area contributed by atoms with Crippen molar-refractivity contribution in [3.05, 3.63) is 48.0 Å². The van der Waals surface area contributed by atoms with Crippen LogP contribution in [0.4, 0.5) is 11.4 Å². The number of methoxy groups -OCH3 is 1. The summed E-state index contributed by atoms with van der Waals surface area (Å²) in [6.45, 7) is 8.52. The third kappa shape index (κ3) is 8.72. The van der Waals surface area contributed by atoms with Crippen molar-refractivity contribution in [3.63, 3.8) is 0 Å². The predicted octanol–water partition coefficient (Wildman–Crippen LogP) is 4.77. The summed E-state index contributed by atoms with van der Waals surface area (Å²) < 4.78 is 10.8. The normalized spacial score (nSPS) is 18.9. The van der Waals surface area contributed by atoms with Crippen molar-refractivity contribution in [1.82, 2.24) is 16.0 Å². The van der Waals surface area contributed by atoms with Crippen molar-refractivity contribution in [2.75, 3.05) is 19.0 Å². The van der Waals surface area contributed by atoms with Crippen molar-refractivity contribution in [2.24, 2.45) is 11.8 Å². The van der Waals surface area contributed by atoms with Gasteiger partial charge in [0.25, 0.3) is 0 Å². The Kier molecular flexibility index (Phi) is 11.3. The average Bonchev–Trinajstić information content (AvgIpc) is 3.40. The van der Waals surface area contributed by atoms with Gasteiger partial charge in [0.1, 0.15) is 12.1 Å². The van der Waals surface area contributed by atoms with E-state index >= 15 is 0 Å². The van der Waals surface area contributed by atoms with Gasteiger partial charge in [-0.25, -0.2) is 0 Å². The minimum absolute atomic E-state index is 0.170. The molecule has 2 heterocycles. The Balaban J connectivity index is 1.35. The van der Waals surface area contributed by atoms with Crippen LogP contribution in [0.2, 0.25) is 0 Å². The molecule has 4 N–H and O–H groups in total. The van der Waals surface area contributed by atoms with Crippen LogP contribution in [-0.2, 0) is 30.3 Å². The molecule has 2 aliphatic rings. The summed E-state index contributed by atoms with van der Waals surface area (Å²) in [5.74, 6) is -0.473. The summed E-state index contributed by atoms with van der Waals surface area (Å²) >= 11 is 1.73. The van der Waals surface area contributed by atoms with Gasteiger partial charge in [0, 0.05) is 23.3 Å². The molecule has 0 radical (unpaired) electrons. The smallest absolute Gasteiger partial charge is 0.243 e. The molecule has 10 heteroatoms. The standard InChI is InChI=1S/C32H44N4O5S/c1-19(2)16-25(30(38)36-26(17-20(3)4)31(39)35-23-14-15-41-32(23)40-5)34-29(37)13-11-21-10-12-28-24(18-21)33-22-8-6-7-9-27(22)42-28/h6-10,12,18-20,23,25-26,32-33H,11,13-17H2,1-5H3,(H,34,37)(H,35,39)(H,36,38)/t23-,25-,26-,32?/m0/s1. The number of carbonyl (C=O) groups excluding carboxylic acids is 3. The molecule has 0 aromatic heterocycles. The van der Waals surface area contributed by atoms with E-state index in [1.165, 1.54) is 4.90 Å². The van der Waals surface area contributed by atoms with Crippen LogP contribution >= 0.6 is 11.8 Å². The molecule has 4 atom stereocenters. The highest BCUT2D eigenvalue weighted by molar-refractivity contribution is 7.99. The van der Waals surface area contributed by atoms with Gasteiger partial charge in [0.15, 0.2) is 6.29 Å². The minimum atomic E-state index is -0.736. The molecule has 3 amide bonds. The molecular weight excluding hydrogens is 552 g/mol. The van der Waals surface area contributed by atoms with E-state index in [4.69, 9.17) is 9.47 Å². The summed E-state index contributed by atoms with van der Waals surface area (Å²) in [7, 11) is 1.54. The first kappa shape index (κ1) is 31.8. The van der Waals surface area contributed by atoms with E-state index < -0.39 is 18.4 Å². The van der Waals surface area contributed by atoms with E-state index in [1.807, 2.05) is 45.9 Å². The number of rotatable bonds is 13. The molecule has 9 nitrogen and oxygen atoms in total. The second-order valence-electron chi connectivity index (χ2n) is 11.9.